The average molecular weight is 642 g/mol. The number of carbonyl (C=O) groups excluding carboxylic acids is 1. The summed E-state index contributed by atoms with van der Waals surface area (Å²) in [4.78, 5) is 12.1. The fourth-order valence-corrected chi connectivity index (χ4v) is 7.35. The third kappa shape index (κ3) is 9.47. The summed E-state index contributed by atoms with van der Waals surface area (Å²) in [6, 6.07) is 31.8. The van der Waals surface area contributed by atoms with Crippen LogP contribution in [-0.4, -0.2) is 31.1 Å². The molecule has 46 heavy (non-hydrogen) atoms. The van der Waals surface area contributed by atoms with Gasteiger partial charge in [-0.1, -0.05) is 130 Å². The van der Waals surface area contributed by atoms with Gasteiger partial charge >= 0.3 is 10.1 Å². The van der Waals surface area contributed by atoms with Gasteiger partial charge in [0.2, 0.25) is 5.91 Å². The Kier molecular flexibility index (Phi) is 12.8. The first-order valence-corrected chi connectivity index (χ1v) is 17.3. The molecule has 0 fully saturated rings. The molecule has 0 spiro atoms. The maximum absolute atomic E-state index is 14.2. The van der Waals surface area contributed by atoms with Crippen molar-refractivity contribution in [3.8, 4) is 17.2 Å². The lowest BCUT2D eigenvalue weighted by Gasteiger charge is -2.34. The number of benzene rings is 4. The van der Waals surface area contributed by atoms with Gasteiger partial charge in [-0.3, -0.25) is 4.79 Å². The molecule has 242 valence electrons. The maximum Gasteiger partial charge on any atom is 0.323 e. The van der Waals surface area contributed by atoms with E-state index in [1.54, 1.807) is 36.4 Å². The van der Waals surface area contributed by atoms with Gasteiger partial charge < -0.3 is 19.7 Å². The van der Waals surface area contributed by atoms with Gasteiger partial charge in [-0.25, -0.2) is 0 Å². The molecule has 1 amide bonds. The summed E-state index contributed by atoms with van der Waals surface area (Å²) >= 11 is 0. The first-order valence-electron chi connectivity index (χ1n) is 15.9. The Balaban J connectivity index is 1.24. The van der Waals surface area contributed by atoms with E-state index in [-0.39, 0.29) is 17.4 Å². The average Bonchev–Trinajstić information content (AvgIpc) is 3.07. The molecule has 3 N–H and O–H groups in total. The first kappa shape index (κ1) is 34.3. The van der Waals surface area contributed by atoms with Crippen molar-refractivity contribution >= 4 is 22.1 Å². The van der Waals surface area contributed by atoms with E-state index in [4.69, 9.17) is 4.18 Å². The SMILES string of the molecule is O=C(/C=C/c1ccc(O)c(O)c1)NCCCCCCCCCCC(c1ccccc1)(c1ccccc1)S(=O)(=O)Oc1ccccc1. The molecular formula is C38H43NO6S. The van der Waals surface area contributed by atoms with Crippen LogP contribution in [0.3, 0.4) is 0 Å². The van der Waals surface area contributed by atoms with Crippen LogP contribution in [0.5, 0.6) is 17.2 Å². The Bertz CT molecular complexity index is 1600. The highest BCUT2D eigenvalue weighted by molar-refractivity contribution is 7.88. The van der Waals surface area contributed by atoms with Crippen molar-refractivity contribution in [2.24, 2.45) is 0 Å². The summed E-state index contributed by atoms with van der Waals surface area (Å²) in [5, 5.41) is 21.8. The summed E-state index contributed by atoms with van der Waals surface area (Å²) in [7, 11) is -4.13. The zero-order valence-electron chi connectivity index (χ0n) is 26.1. The van der Waals surface area contributed by atoms with E-state index < -0.39 is 14.9 Å². The first-order chi connectivity index (χ1) is 22.3. The molecule has 0 aliphatic rings. The van der Waals surface area contributed by atoms with Gasteiger partial charge in [-0.15, -0.1) is 0 Å². The van der Waals surface area contributed by atoms with E-state index in [0.717, 1.165) is 51.4 Å². The highest BCUT2D eigenvalue weighted by atomic mass is 32.2. The van der Waals surface area contributed by atoms with E-state index in [0.29, 0.717) is 35.4 Å². The molecule has 4 aromatic carbocycles. The second-order valence-electron chi connectivity index (χ2n) is 11.4. The van der Waals surface area contributed by atoms with Crippen molar-refractivity contribution in [3.63, 3.8) is 0 Å². The molecular weight excluding hydrogens is 598 g/mol. The van der Waals surface area contributed by atoms with Crippen molar-refractivity contribution in [3.05, 3.63) is 132 Å². The van der Waals surface area contributed by atoms with Crippen molar-refractivity contribution in [1.29, 1.82) is 0 Å². The molecule has 0 radical (unpaired) electrons. The Morgan fingerprint density at radius 1 is 0.674 bits per heavy atom. The maximum atomic E-state index is 14.2. The summed E-state index contributed by atoms with van der Waals surface area (Å²) < 4.78 is 32.9. The van der Waals surface area contributed by atoms with Gasteiger partial charge in [0.05, 0.1) is 0 Å². The fourth-order valence-electron chi connectivity index (χ4n) is 5.60. The van der Waals surface area contributed by atoms with E-state index in [1.807, 2.05) is 66.7 Å². The van der Waals surface area contributed by atoms with Gasteiger partial charge in [0.15, 0.2) is 16.2 Å². The van der Waals surface area contributed by atoms with Gasteiger partial charge in [-0.05, 0) is 59.9 Å². The van der Waals surface area contributed by atoms with E-state index in [2.05, 4.69) is 5.32 Å². The third-order valence-corrected chi connectivity index (χ3v) is 9.98. The third-order valence-electron chi connectivity index (χ3n) is 8.04. The summed E-state index contributed by atoms with van der Waals surface area (Å²) in [5.41, 5.74) is 2.01. The number of phenols is 2. The number of aromatic hydroxyl groups is 2. The number of rotatable bonds is 18. The predicted octanol–water partition coefficient (Wildman–Crippen LogP) is 8.09. The molecule has 0 saturated heterocycles. The molecule has 0 heterocycles. The van der Waals surface area contributed by atoms with Crippen LogP contribution in [0.15, 0.2) is 115 Å². The van der Waals surface area contributed by atoms with Gasteiger partial charge in [-0.2, -0.15) is 8.42 Å². The van der Waals surface area contributed by atoms with Crippen molar-refractivity contribution in [2.45, 2.75) is 62.5 Å². The number of carbonyl (C=O) groups is 1. The smallest absolute Gasteiger partial charge is 0.323 e. The summed E-state index contributed by atoms with van der Waals surface area (Å²) in [5.74, 6) is -0.331. The van der Waals surface area contributed by atoms with E-state index >= 15 is 0 Å². The number of nitrogens with one attached hydrogen (secondary N) is 1. The predicted molar refractivity (Wildman–Crippen MR) is 183 cm³/mol. The number of unbranched alkanes of at least 4 members (excludes halogenated alkanes) is 7. The molecule has 0 aliphatic carbocycles. The quantitative estimate of drug-likeness (QED) is 0.0438. The van der Waals surface area contributed by atoms with Crippen LogP contribution in [0.1, 0.15) is 74.5 Å². The van der Waals surface area contributed by atoms with Crippen LogP contribution < -0.4 is 9.50 Å². The van der Waals surface area contributed by atoms with Crippen LogP contribution in [0.2, 0.25) is 0 Å². The lowest BCUT2D eigenvalue weighted by atomic mass is 9.85. The molecule has 0 saturated carbocycles. The number of hydrogen-bond donors (Lipinski definition) is 3. The van der Waals surface area contributed by atoms with Crippen LogP contribution in [0.25, 0.3) is 6.08 Å². The van der Waals surface area contributed by atoms with Crippen LogP contribution >= 0.6 is 0 Å². The largest absolute Gasteiger partial charge is 0.504 e. The number of phenolic OH excluding ortho intramolecular Hbond substituents is 2. The minimum absolute atomic E-state index is 0.199. The zero-order chi connectivity index (χ0) is 32.7. The monoisotopic (exact) mass is 641 g/mol. The van der Waals surface area contributed by atoms with Crippen LogP contribution in [0, 0.1) is 0 Å². The topological polar surface area (TPSA) is 113 Å². The molecule has 0 unspecified atom stereocenters. The molecule has 7 nitrogen and oxygen atoms in total. The fraction of sp³-hybridized carbons (Fsp3) is 0.289. The highest BCUT2D eigenvalue weighted by Crippen LogP contribution is 2.43. The molecule has 0 aliphatic heterocycles. The second-order valence-corrected chi connectivity index (χ2v) is 13.1. The molecule has 4 aromatic rings. The molecule has 8 heteroatoms. The molecule has 0 atom stereocenters. The number of para-hydroxylation sites is 1. The summed E-state index contributed by atoms with van der Waals surface area (Å²) in [6.07, 6.45) is 11.1. The van der Waals surface area contributed by atoms with E-state index in [1.165, 1.54) is 18.2 Å². The lowest BCUT2D eigenvalue weighted by Crippen LogP contribution is -2.40. The Labute approximate surface area is 272 Å². The Hall–Kier alpha value is -4.56. The molecule has 0 bridgehead atoms. The zero-order valence-corrected chi connectivity index (χ0v) is 26.9. The second kappa shape index (κ2) is 17.2. The van der Waals surface area contributed by atoms with Crippen LogP contribution in [-0.2, 0) is 19.7 Å². The minimum atomic E-state index is -4.13. The standard InChI is InChI=1S/C38H43NO6S/c40-35-26-24-31(30-36(35)41)25-27-37(42)39-29-17-6-4-2-1-3-5-16-28-38(32-18-10-7-11-19-32,33-20-12-8-13-21-33)46(43,44)45-34-22-14-9-15-23-34/h7-15,18-27,30,40-41H,1-6,16-17,28-29H2,(H,39,42)/b27-25+. The molecule has 0 aromatic heterocycles. The lowest BCUT2D eigenvalue weighted by molar-refractivity contribution is -0.116. The van der Waals surface area contributed by atoms with E-state index in [9.17, 15) is 23.4 Å². The normalized spacial score (nSPS) is 11.8. The Morgan fingerprint density at radius 2 is 1.20 bits per heavy atom. The minimum Gasteiger partial charge on any atom is -0.504 e. The number of hydrogen-bond acceptors (Lipinski definition) is 6. The van der Waals surface area contributed by atoms with Gasteiger partial charge in [0.25, 0.3) is 0 Å². The van der Waals surface area contributed by atoms with Crippen molar-refractivity contribution < 1.29 is 27.6 Å². The van der Waals surface area contributed by atoms with Gasteiger partial charge in [0, 0.05) is 12.6 Å². The van der Waals surface area contributed by atoms with Gasteiger partial charge in [0.1, 0.15) is 5.75 Å². The Morgan fingerprint density at radius 3 is 1.76 bits per heavy atom. The van der Waals surface area contributed by atoms with Crippen LogP contribution in [0.4, 0.5) is 0 Å². The summed E-state index contributed by atoms with van der Waals surface area (Å²) in [6.45, 7) is 0.588. The number of amides is 1. The van der Waals surface area contributed by atoms with Crippen molar-refractivity contribution in [1.82, 2.24) is 5.32 Å². The highest BCUT2D eigenvalue weighted by Gasteiger charge is 2.48. The van der Waals surface area contributed by atoms with Crippen molar-refractivity contribution in [2.75, 3.05) is 6.54 Å². The molecule has 4 rings (SSSR count).